The molecule has 156 valence electrons. The lowest BCUT2D eigenvalue weighted by Crippen LogP contribution is -2.54. The molecule has 0 aliphatic carbocycles. The van der Waals surface area contributed by atoms with Gasteiger partial charge in [-0.05, 0) is 42.9 Å². The van der Waals surface area contributed by atoms with Crippen LogP contribution in [-0.4, -0.2) is 38.3 Å². The molecule has 7 nitrogen and oxygen atoms in total. The van der Waals surface area contributed by atoms with E-state index in [4.69, 9.17) is 38.0 Å². The Morgan fingerprint density at radius 3 is 2.20 bits per heavy atom. The van der Waals surface area contributed by atoms with Gasteiger partial charge in [-0.25, -0.2) is 0 Å². The molecule has 1 heterocycles. The normalized spacial score (nSPS) is 15.3. The van der Waals surface area contributed by atoms with Crippen LogP contribution in [0.4, 0.5) is 5.69 Å². The predicted octanol–water partition coefficient (Wildman–Crippen LogP) is 3.51. The zero-order chi connectivity index (χ0) is 22.0. The molecule has 1 saturated heterocycles. The number of thiocarbonyl (C=S) groups is 1. The number of rotatable bonds is 5. The third-order valence-corrected chi connectivity index (χ3v) is 5.25. The minimum absolute atomic E-state index is 0.0317. The molecular weight excluding hydrogens is 428 g/mol. The fourth-order valence-electron chi connectivity index (χ4n) is 2.93. The third-order valence-electron chi connectivity index (χ3n) is 4.56. The number of halogens is 1. The number of nitrogens with zero attached hydrogens (tertiary/aromatic N) is 1. The second-order valence-corrected chi connectivity index (χ2v) is 7.13. The van der Waals surface area contributed by atoms with E-state index in [1.807, 2.05) is 6.92 Å². The van der Waals surface area contributed by atoms with Crippen LogP contribution in [0.5, 0.6) is 17.2 Å². The summed E-state index contributed by atoms with van der Waals surface area (Å²) in [6.07, 6.45) is 1.40. The average molecular weight is 447 g/mol. The van der Waals surface area contributed by atoms with Gasteiger partial charge in [0, 0.05) is 17.2 Å². The maximum absolute atomic E-state index is 13.2. The van der Waals surface area contributed by atoms with Gasteiger partial charge >= 0.3 is 0 Å². The highest BCUT2D eigenvalue weighted by atomic mass is 35.5. The molecule has 30 heavy (non-hydrogen) atoms. The SMILES string of the molecule is COc1cc(OC)c(/C=C2\C(=O)NC(=S)N(c3ccc(C)c(Cl)c3)C2=O)c(OC)c1. The van der Waals surface area contributed by atoms with E-state index in [0.717, 1.165) is 5.56 Å². The Hall–Kier alpha value is -3.10. The van der Waals surface area contributed by atoms with E-state index in [0.29, 0.717) is 33.5 Å². The molecule has 0 bridgehead atoms. The van der Waals surface area contributed by atoms with Crippen molar-refractivity contribution >= 4 is 52.5 Å². The molecule has 3 rings (SSSR count). The Labute approximate surface area is 184 Å². The minimum atomic E-state index is -0.626. The molecule has 1 fully saturated rings. The van der Waals surface area contributed by atoms with Crippen LogP contribution in [-0.2, 0) is 9.59 Å². The Kier molecular flexibility index (Phi) is 6.28. The van der Waals surface area contributed by atoms with Crippen molar-refractivity contribution in [2.75, 3.05) is 26.2 Å². The van der Waals surface area contributed by atoms with Crippen molar-refractivity contribution in [1.82, 2.24) is 5.32 Å². The van der Waals surface area contributed by atoms with E-state index < -0.39 is 11.8 Å². The summed E-state index contributed by atoms with van der Waals surface area (Å²) in [5, 5.41) is 2.98. The van der Waals surface area contributed by atoms with Crippen LogP contribution in [0.1, 0.15) is 11.1 Å². The Morgan fingerprint density at radius 2 is 1.67 bits per heavy atom. The van der Waals surface area contributed by atoms with Gasteiger partial charge in [-0.15, -0.1) is 0 Å². The van der Waals surface area contributed by atoms with Gasteiger partial charge in [0.1, 0.15) is 22.8 Å². The monoisotopic (exact) mass is 446 g/mol. The number of hydrogen-bond donors (Lipinski definition) is 1. The number of anilines is 1. The summed E-state index contributed by atoms with van der Waals surface area (Å²) in [4.78, 5) is 27.0. The quantitative estimate of drug-likeness (QED) is 0.430. The first kappa shape index (κ1) is 21.6. The lowest BCUT2D eigenvalue weighted by molar-refractivity contribution is -0.122. The summed E-state index contributed by atoms with van der Waals surface area (Å²) >= 11 is 11.4. The van der Waals surface area contributed by atoms with Gasteiger partial charge in [0.2, 0.25) is 0 Å². The fourth-order valence-corrected chi connectivity index (χ4v) is 3.39. The zero-order valence-electron chi connectivity index (χ0n) is 16.7. The van der Waals surface area contributed by atoms with Crippen LogP contribution in [0.2, 0.25) is 5.02 Å². The number of amides is 2. The van der Waals surface area contributed by atoms with Crippen molar-refractivity contribution < 1.29 is 23.8 Å². The Balaban J connectivity index is 2.12. The average Bonchev–Trinajstić information content (AvgIpc) is 2.72. The summed E-state index contributed by atoms with van der Waals surface area (Å²) in [7, 11) is 4.44. The molecule has 0 radical (unpaired) electrons. The van der Waals surface area contributed by atoms with Crippen molar-refractivity contribution in [3.8, 4) is 17.2 Å². The number of nitrogens with one attached hydrogen (secondary N) is 1. The van der Waals surface area contributed by atoms with E-state index in [2.05, 4.69) is 5.32 Å². The van der Waals surface area contributed by atoms with E-state index in [1.54, 1.807) is 30.3 Å². The molecule has 0 unspecified atom stereocenters. The van der Waals surface area contributed by atoms with E-state index in [9.17, 15) is 9.59 Å². The number of aryl methyl sites for hydroxylation is 1. The largest absolute Gasteiger partial charge is 0.496 e. The molecule has 1 N–H and O–H groups in total. The van der Waals surface area contributed by atoms with Gasteiger partial charge in [0.05, 0.1) is 32.6 Å². The van der Waals surface area contributed by atoms with Crippen LogP contribution in [0.25, 0.3) is 6.08 Å². The number of carbonyl (C=O) groups is 2. The van der Waals surface area contributed by atoms with Crippen LogP contribution >= 0.6 is 23.8 Å². The highest BCUT2D eigenvalue weighted by Crippen LogP contribution is 2.36. The van der Waals surface area contributed by atoms with Crippen molar-refractivity contribution in [3.63, 3.8) is 0 Å². The first-order valence-corrected chi connectivity index (χ1v) is 9.57. The summed E-state index contributed by atoms with van der Waals surface area (Å²) in [5.74, 6) is 0.0279. The van der Waals surface area contributed by atoms with Crippen LogP contribution in [0, 0.1) is 6.92 Å². The molecule has 0 saturated carbocycles. The van der Waals surface area contributed by atoms with Crippen LogP contribution in [0.15, 0.2) is 35.9 Å². The topological polar surface area (TPSA) is 77.1 Å². The van der Waals surface area contributed by atoms with Gasteiger partial charge in [-0.3, -0.25) is 19.8 Å². The highest BCUT2D eigenvalue weighted by Gasteiger charge is 2.35. The van der Waals surface area contributed by atoms with E-state index in [-0.39, 0.29) is 10.7 Å². The Bertz CT molecular complexity index is 1060. The molecule has 0 spiro atoms. The van der Waals surface area contributed by atoms with Crippen LogP contribution in [0.3, 0.4) is 0 Å². The first-order valence-electron chi connectivity index (χ1n) is 8.78. The van der Waals surface area contributed by atoms with Crippen molar-refractivity contribution in [2.24, 2.45) is 0 Å². The third kappa shape index (κ3) is 3.96. The minimum Gasteiger partial charge on any atom is -0.496 e. The summed E-state index contributed by atoms with van der Waals surface area (Å²) in [5.41, 5.74) is 1.57. The number of benzene rings is 2. The first-order chi connectivity index (χ1) is 14.3. The van der Waals surface area contributed by atoms with Gasteiger partial charge in [-0.2, -0.15) is 0 Å². The van der Waals surface area contributed by atoms with E-state index >= 15 is 0 Å². The lowest BCUT2D eigenvalue weighted by atomic mass is 10.0. The molecular formula is C21H19ClN2O5S. The second kappa shape index (κ2) is 8.73. The number of ether oxygens (including phenoxy) is 3. The fraction of sp³-hybridized carbons (Fsp3) is 0.190. The maximum Gasteiger partial charge on any atom is 0.270 e. The molecule has 1 aliphatic rings. The molecule has 1 aliphatic heterocycles. The molecule has 2 aromatic rings. The van der Waals surface area contributed by atoms with Crippen molar-refractivity contribution in [1.29, 1.82) is 0 Å². The van der Waals surface area contributed by atoms with Gasteiger partial charge in [0.25, 0.3) is 11.8 Å². The predicted molar refractivity (Wildman–Crippen MR) is 118 cm³/mol. The Morgan fingerprint density at radius 1 is 1.03 bits per heavy atom. The van der Waals surface area contributed by atoms with Crippen LogP contribution < -0.4 is 24.4 Å². The highest BCUT2D eigenvalue weighted by molar-refractivity contribution is 7.80. The van der Waals surface area contributed by atoms with Crippen molar-refractivity contribution in [3.05, 3.63) is 52.1 Å². The molecule has 2 aromatic carbocycles. The molecule has 9 heteroatoms. The zero-order valence-corrected chi connectivity index (χ0v) is 18.3. The lowest BCUT2D eigenvalue weighted by Gasteiger charge is -2.29. The summed E-state index contributed by atoms with van der Waals surface area (Å²) in [6.45, 7) is 1.85. The number of carbonyl (C=O) groups excluding carboxylic acids is 2. The van der Waals surface area contributed by atoms with Gasteiger partial charge < -0.3 is 14.2 Å². The number of hydrogen-bond acceptors (Lipinski definition) is 6. The van der Waals surface area contributed by atoms with Gasteiger partial charge in [-0.1, -0.05) is 17.7 Å². The molecule has 0 aromatic heterocycles. The maximum atomic E-state index is 13.2. The van der Waals surface area contributed by atoms with Gasteiger partial charge in [0.15, 0.2) is 5.11 Å². The molecule has 0 atom stereocenters. The summed E-state index contributed by atoms with van der Waals surface area (Å²) < 4.78 is 16.0. The summed E-state index contributed by atoms with van der Waals surface area (Å²) in [6, 6.07) is 8.34. The van der Waals surface area contributed by atoms with E-state index in [1.165, 1.54) is 32.3 Å². The second-order valence-electron chi connectivity index (χ2n) is 6.34. The number of methoxy groups -OCH3 is 3. The molecule has 2 amide bonds. The standard InChI is InChI=1S/C21H19ClN2O5S/c1-11-5-6-12(7-16(11)22)24-20(26)15(19(25)23-21(24)30)10-14-17(28-3)8-13(27-2)9-18(14)29-4/h5-10H,1-4H3,(H,23,25,30)/b15-10+. The van der Waals surface area contributed by atoms with Crippen molar-refractivity contribution in [2.45, 2.75) is 6.92 Å². The smallest absolute Gasteiger partial charge is 0.270 e.